The molecule has 1 aliphatic rings. The van der Waals surface area contributed by atoms with E-state index < -0.39 is 0 Å². The van der Waals surface area contributed by atoms with E-state index in [0.717, 1.165) is 36.8 Å². The number of carbonyl (C=O) groups is 1. The first-order chi connectivity index (χ1) is 18.2. The fourth-order valence-electron chi connectivity index (χ4n) is 5.00. The Kier molecular flexibility index (Phi) is 9.22. The molecule has 4 nitrogen and oxygen atoms in total. The zero-order chi connectivity index (χ0) is 27.1. The highest BCUT2D eigenvalue weighted by Gasteiger charge is 2.24. The molecule has 3 aromatic carbocycles. The van der Waals surface area contributed by atoms with E-state index in [1.807, 2.05) is 36.4 Å². The molecule has 0 aromatic heterocycles. The van der Waals surface area contributed by atoms with E-state index in [-0.39, 0.29) is 29.3 Å². The summed E-state index contributed by atoms with van der Waals surface area (Å²) in [6.07, 6.45) is 4.26. The second-order valence-electron chi connectivity index (χ2n) is 11.3. The number of benzene rings is 3. The van der Waals surface area contributed by atoms with Gasteiger partial charge in [-0.1, -0.05) is 75.4 Å². The van der Waals surface area contributed by atoms with Gasteiger partial charge in [0.1, 0.15) is 11.6 Å². The summed E-state index contributed by atoms with van der Waals surface area (Å²) in [4.78, 5) is 11.3. The smallest absolute Gasteiger partial charge is 0.216 e. The summed E-state index contributed by atoms with van der Waals surface area (Å²) in [5.41, 5.74) is 4.99. The van der Waals surface area contributed by atoms with E-state index in [1.54, 1.807) is 0 Å². The van der Waals surface area contributed by atoms with Crippen molar-refractivity contribution in [1.29, 1.82) is 0 Å². The van der Waals surface area contributed by atoms with Crippen LogP contribution in [0.15, 0.2) is 66.7 Å². The molecule has 0 bridgehead atoms. The maximum Gasteiger partial charge on any atom is 0.216 e. The number of amides is 1. The van der Waals surface area contributed by atoms with Crippen LogP contribution in [0.25, 0.3) is 11.1 Å². The Labute approximate surface area is 226 Å². The molecule has 0 spiro atoms. The topological polar surface area (TPSA) is 47.6 Å². The highest BCUT2D eigenvalue weighted by Crippen LogP contribution is 2.33. The number of halogens is 1. The van der Waals surface area contributed by atoms with Crippen LogP contribution in [0.4, 0.5) is 4.39 Å². The molecule has 3 aromatic rings. The average Bonchev–Trinajstić information content (AvgIpc) is 2.89. The maximum absolute atomic E-state index is 15.3. The van der Waals surface area contributed by atoms with Crippen LogP contribution in [0.1, 0.15) is 70.1 Å². The van der Waals surface area contributed by atoms with E-state index >= 15 is 4.39 Å². The first-order valence-electron chi connectivity index (χ1n) is 13.7. The Hall–Kier alpha value is -3.18. The van der Waals surface area contributed by atoms with Gasteiger partial charge in [0.2, 0.25) is 5.91 Å². The van der Waals surface area contributed by atoms with Crippen LogP contribution in [0.3, 0.4) is 0 Å². The van der Waals surface area contributed by atoms with E-state index in [2.05, 4.69) is 50.4 Å². The molecule has 1 saturated carbocycles. The molecule has 4 rings (SSSR count). The Morgan fingerprint density at radius 2 is 1.61 bits per heavy atom. The van der Waals surface area contributed by atoms with Crippen molar-refractivity contribution in [2.24, 2.45) is 0 Å². The van der Waals surface area contributed by atoms with E-state index in [9.17, 15) is 4.79 Å². The van der Waals surface area contributed by atoms with Gasteiger partial charge in [0.15, 0.2) is 0 Å². The predicted molar refractivity (Wildman–Crippen MR) is 151 cm³/mol. The van der Waals surface area contributed by atoms with E-state index in [1.165, 1.54) is 24.1 Å². The standard InChI is InChI=1S/C33H40FNO3/c1-23(36)35-19-18-30-31(25-8-6-5-7-9-25)20-29(21-32(30)34)38-28-16-14-27(15-17-28)37-22-24-10-12-26(13-11-24)33(2,3)4/h5-13,20-21,27-28H,14-19,22H2,1-4H3,(H,35,36). The molecule has 0 saturated heterocycles. The average molecular weight is 518 g/mol. The molecule has 0 unspecified atom stereocenters. The lowest BCUT2D eigenvalue weighted by Gasteiger charge is -2.29. The Balaban J connectivity index is 1.35. The monoisotopic (exact) mass is 517 g/mol. The quantitative estimate of drug-likeness (QED) is 0.322. The third-order valence-corrected chi connectivity index (χ3v) is 7.23. The second-order valence-corrected chi connectivity index (χ2v) is 11.3. The minimum atomic E-state index is -0.304. The summed E-state index contributed by atoms with van der Waals surface area (Å²) in [6.45, 7) is 9.13. The van der Waals surface area contributed by atoms with Crippen molar-refractivity contribution >= 4 is 5.91 Å². The van der Waals surface area contributed by atoms with Crippen molar-refractivity contribution in [1.82, 2.24) is 5.32 Å². The van der Waals surface area contributed by atoms with Gasteiger partial charge in [0.05, 0.1) is 18.8 Å². The molecule has 1 fully saturated rings. The first kappa shape index (κ1) is 27.8. The van der Waals surface area contributed by atoms with Gasteiger partial charge in [-0.2, -0.15) is 0 Å². The van der Waals surface area contributed by atoms with Crippen molar-refractivity contribution in [3.63, 3.8) is 0 Å². The number of hydrogen-bond acceptors (Lipinski definition) is 3. The van der Waals surface area contributed by atoms with Crippen LogP contribution in [0.5, 0.6) is 5.75 Å². The number of nitrogens with one attached hydrogen (secondary N) is 1. The molecule has 1 aliphatic carbocycles. The van der Waals surface area contributed by atoms with Crippen LogP contribution >= 0.6 is 0 Å². The Morgan fingerprint density at radius 1 is 0.947 bits per heavy atom. The van der Waals surface area contributed by atoms with Gasteiger partial charge in [0.25, 0.3) is 0 Å². The summed E-state index contributed by atoms with van der Waals surface area (Å²) < 4.78 is 27.8. The molecule has 202 valence electrons. The molecular weight excluding hydrogens is 477 g/mol. The minimum absolute atomic E-state index is 0.0363. The summed E-state index contributed by atoms with van der Waals surface area (Å²) in [6, 6.07) is 21.9. The fourth-order valence-corrected chi connectivity index (χ4v) is 5.00. The van der Waals surface area contributed by atoms with Crippen molar-refractivity contribution in [2.45, 2.75) is 84.0 Å². The van der Waals surface area contributed by atoms with Gasteiger partial charge in [0, 0.05) is 19.5 Å². The third kappa shape index (κ3) is 7.67. The van der Waals surface area contributed by atoms with Crippen LogP contribution in [-0.4, -0.2) is 24.7 Å². The van der Waals surface area contributed by atoms with Gasteiger partial charge in [-0.3, -0.25) is 4.79 Å². The lowest BCUT2D eigenvalue weighted by atomic mass is 9.87. The van der Waals surface area contributed by atoms with Gasteiger partial charge in [-0.15, -0.1) is 0 Å². The van der Waals surface area contributed by atoms with Crippen LogP contribution in [-0.2, 0) is 28.0 Å². The SMILES string of the molecule is CC(=O)NCCc1c(F)cc(OC2CCC(OCc3ccc(C(C)(C)C)cc3)CC2)cc1-c1ccccc1. The second kappa shape index (κ2) is 12.6. The lowest BCUT2D eigenvalue weighted by Crippen LogP contribution is -2.28. The molecule has 0 atom stereocenters. The zero-order valence-electron chi connectivity index (χ0n) is 23.1. The Bertz CT molecular complexity index is 1190. The van der Waals surface area contributed by atoms with E-state index in [0.29, 0.717) is 30.9 Å². The molecule has 1 N–H and O–H groups in total. The third-order valence-electron chi connectivity index (χ3n) is 7.23. The van der Waals surface area contributed by atoms with Crippen molar-refractivity contribution in [3.05, 3.63) is 89.2 Å². The van der Waals surface area contributed by atoms with Gasteiger partial charge in [-0.25, -0.2) is 4.39 Å². The number of ether oxygens (including phenoxy) is 2. The zero-order valence-corrected chi connectivity index (χ0v) is 23.1. The van der Waals surface area contributed by atoms with Gasteiger partial charge < -0.3 is 14.8 Å². The van der Waals surface area contributed by atoms with Crippen LogP contribution in [0, 0.1) is 5.82 Å². The molecule has 0 aliphatic heterocycles. The number of hydrogen-bond donors (Lipinski definition) is 1. The summed E-state index contributed by atoms with van der Waals surface area (Å²) in [7, 11) is 0. The molecule has 38 heavy (non-hydrogen) atoms. The molecule has 0 radical (unpaired) electrons. The van der Waals surface area contributed by atoms with Gasteiger partial charge >= 0.3 is 0 Å². The van der Waals surface area contributed by atoms with Crippen molar-refractivity contribution < 1.29 is 18.7 Å². The normalized spacial score (nSPS) is 17.7. The Morgan fingerprint density at radius 3 is 2.24 bits per heavy atom. The van der Waals surface area contributed by atoms with Crippen LogP contribution < -0.4 is 10.1 Å². The minimum Gasteiger partial charge on any atom is -0.490 e. The molecular formula is C33H40FNO3. The molecule has 0 heterocycles. The number of rotatable bonds is 9. The number of carbonyl (C=O) groups excluding carboxylic acids is 1. The van der Waals surface area contributed by atoms with E-state index in [4.69, 9.17) is 9.47 Å². The van der Waals surface area contributed by atoms with Crippen molar-refractivity contribution in [2.75, 3.05) is 6.54 Å². The summed E-state index contributed by atoms with van der Waals surface area (Å²) >= 11 is 0. The first-order valence-corrected chi connectivity index (χ1v) is 13.7. The van der Waals surface area contributed by atoms with Gasteiger partial charge in [-0.05, 0) is 71.4 Å². The predicted octanol–water partition coefficient (Wildman–Crippen LogP) is 7.38. The fraction of sp³-hybridized carbons (Fsp3) is 0.424. The summed E-state index contributed by atoms with van der Waals surface area (Å²) in [5.74, 6) is 0.124. The molecule has 5 heteroatoms. The summed E-state index contributed by atoms with van der Waals surface area (Å²) in [5, 5.41) is 2.76. The molecule has 1 amide bonds. The maximum atomic E-state index is 15.3. The van der Waals surface area contributed by atoms with Crippen LogP contribution in [0.2, 0.25) is 0 Å². The largest absolute Gasteiger partial charge is 0.490 e. The van der Waals surface area contributed by atoms with Crippen molar-refractivity contribution in [3.8, 4) is 16.9 Å². The lowest BCUT2D eigenvalue weighted by molar-refractivity contribution is -0.118. The highest BCUT2D eigenvalue weighted by molar-refractivity contribution is 5.73. The highest BCUT2D eigenvalue weighted by atomic mass is 19.1.